The predicted molar refractivity (Wildman–Crippen MR) is 122 cm³/mol. The Labute approximate surface area is 206 Å². The van der Waals surface area contributed by atoms with E-state index in [1.807, 2.05) is 18.2 Å². The van der Waals surface area contributed by atoms with Crippen LogP contribution in [0.15, 0.2) is 42.5 Å². The molecular formula is C25H26F3N3O5. The van der Waals surface area contributed by atoms with Crippen molar-refractivity contribution >= 4 is 11.8 Å². The van der Waals surface area contributed by atoms with Crippen molar-refractivity contribution in [2.24, 2.45) is 0 Å². The normalized spacial score (nSPS) is 20.5. The van der Waals surface area contributed by atoms with E-state index in [4.69, 9.17) is 14.2 Å². The largest absolute Gasteiger partial charge is 0.454 e. The van der Waals surface area contributed by atoms with Gasteiger partial charge in [-0.05, 0) is 35.9 Å². The second-order valence-corrected chi connectivity index (χ2v) is 8.95. The summed E-state index contributed by atoms with van der Waals surface area (Å²) in [5, 5.41) is 0. The summed E-state index contributed by atoms with van der Waals surface area (Å²) in [6.45, 7) is 3.25. The molecule has 3 aliphatic rings. The molecule has 5 rings (SSSR count). The number of rotatable bonds is 4. The Morgan fingerprint density at radius 3 is 2.50 bits per heavy atom. The van der Waals surface area contributed by atoms with Crippen molar-refractivity contribution in [3.05, 3.63) is 59.2 Å². The van der Waals surface area contributed by atoms with Crippen LogP contribution in [0.25, 0.3) is 0 Å². The maximum Gasteiger partial charge on any atom is 0.416 e. The van der Waals surface area contributed by atoms with E-state index in [0.717, 1.165) is 17.7 Å². The molecule has 0 spiro atoms. The van der Waals surface area contributed by atoms with Crippen molar-refractivity contribution in [1.82, 2.24) is 14.7 Å². The number of morpholine rings is 1. The summed E-state index contributed by atoms with van der Waals surface area (Å²) in [7, 11) is 0. The lowest BCUT2D eigenvalue weighted by molar-refractivity contribution is -0.142. The SMILES string of the molecule is O=C(C1CN(Cc2ccc3c(c2)OCO3)CCN1C(=O)c1cccc(C(F)(F)F)c1)N1CCOCC1. The summed E-state index contributed by atoms with van der Waals surface area (Å²) >= 11 is 0. The monoisotopic (exact) mass is 505 g/mol. The minimum absolute atomic E-state index is 0.0891. The third-order valence-electron chi connectivity index (χ3n) is 6.61. The Morgan fingerprint density at radius 1 is 0.944 bits per heavy atom. The summed E-state index contributed by atoms with van der Waals surface area (Å²) in [6, 6.07) is 9.16. The Kier molecular flexibility index (Phi) is 6.76. The number of amides is 2. The van der Waals surface area contributed by atoms with E-state index >= 15 is 0 Å². The number of benzene rings is 2. The summed E-state index contributed by atoms with van der Waals surface area (Å²) in [6.07, 6.45) is -4.57. The van der Waals surface area contributed by atoms with Crippen LogP contribution in [0.3, 0.4) is 0 Å². The molecule has 2 aromatic carbocycles. The summed E-state index contributed by atoms with van der Waals surface area (Å²) in [5.41, 5.74) is -0.0193. The van der Waals surface area contributed by atoms with E-state index < -0.39 is 23.7 Å². The molecule has 36 heavy (non-hydrogen) atoms. The molecule has 0 radical (unpaired) electrons. The van der Waals surface area contributed by atoms with Crippen LogP contribution in [0, 0.1) is 0 Å². The van der Waals surface area contributed by atoms with Gasteiger partial charge in [0.15, 0.2) is 11.5 Å². The lowest BCUT2D eigenvalue weighted by atomic mass is 10.0. The summed E-state index contributed by atoms with van der Waals surface area (Å²) in [5.74, 6) is 0.520. The van der Waals surface area contributed by atoms with Crippen LogP contribution in [0.1, 0.15) is 21.5 Å². The van der Waals surface area contributed by atoms with Gasteiger partial charge >= 0.3 is 6.18 Å². The number of carbonyl (C=O) groups is 2. The highest BCUT2D eigenvalue weighted by atomic mass is 19.4. The molecule has 0 aliphatic carbocycles. The van der Waals surface area contributed by atoms with Crippen LogP contribution in [0.2, 0.25) is 0 Å². The van der Waals surface area contributed by atoms with Gasteiger partial charge in [-0.25, -0.2) is 0 Å². The molecule has 1 atom stereocenters. The molecule has 0 aromatic heterocycles. The lowest BCUT2D eigenvalue weighted by Crippen LogP contribution is -2.61. The van der Waals surface area contributed by atoms with Gasteiger partial charge in [0.2, 0.25) is 12.7 Å². The molecule has 2 fully saturated rings. The third kappa shape index (κ3) is 5.12. The molecular weight excluding hydrogens is 479 g/mol. The second-order valence-electron chi connectivity index (χ2n) is 8.95. The average molecular weight is 505 g/mol. The van der Waals surface area contributed by atoms with Crippen LogP contribution in [-0.4, -0.2) is 85.3 Å². The molecule has 11 heteroatoms. The maximum atomic E-state index is 13.5. The first-order valence-electron chi connectivity index (χ1n) is 11.8. The van der Waals surface area contributed by atoms with Crippen LogP contribution < -0.4 is 9.47 Å². The quantitative estimate of drug-likeness (QED) is 0.637. The van der Waals surface area contributed by atoms with Crippen molar-refractivity contribution < 1.29 is 37.0 Å². The highest BCUT2D eigenvalue weighted by molar-refractivity contribution is 5.98. The van der Waals surface area contributed by atoms with Gasteiger partial charge in [0, 0.05) is 44.8 Å². The number of piperazine rings is 1. The van der Waals surface area contributed by atoms with Crippen LogP contribution in [-0.2, 0) is 22.3 Å². The Morgan fingerprint density at radius 2 is 1.72 bits per heavy atom. The maximum absolute atomic E-state index is 13.5. The molecule has 0 bridgehead atoms. The van der Waals surface area contributed by atoms with E-state index in [1.165, 1.54) is 17.0 Å². The number of fused-ring (bicyclic) bond motifs is 1. The number of alkyl halides is 3. The molecule has 2 saturated heterocycles. The Hall–Kier alpha value is -3.31. The van der Waals surface area contributed by atoms with Gasteiger partial charge < -0.3 is 24.0 Å². The first kappa shape index (κ1) is 24.4. The second kappa shape index (κ2) is 9.98. The zero-order chi connectivity index (χ0) is 25.3. The zero-order valence-electron chi connectivity index (χ0n) is 19.5. The van der Waals surface area contributed by atoms with Crippen molar-refractivity contribution in [3.8, 4) is 11.5 Å². The van der Waals surface area contributed by atoms with Gasteiger partial charge in [-0.1, -0.05) is 12.1 Å². The molecule has 2 aromatic rings. The van der Waals surface area contributed by atoms with Crippen LogP contribution >= 0.6 is 0 Å². The first-order valence-corrected chi connectivity index (χ1v) is 11.8. The number of nitrogens with zero attached hydrogens (tertiary/aromatic N) is 3. The fourth-order valence-electron chi connectivity index (χ4n) is 4.72. The number of ether oxygens (including phenoxy) is 3. The van der Waals surface area contributed by atoms with Gasteiger partial charge in [-0.15, -0.1) is 0 Å². The van der Waals surface area contributed by atoms with E-state index in [1.54, 1.807) is 4.90 Å². The van der Waals surface area contributed by atoms with Gasteiger partial charge in [-0.2, -0.15) is 13.2 Å². The molecule has 0 saturated carbocycles. The first-order chi connectivity index (χ1) is 17.3. The highest BCUT2D eigenvalue weighted by Gasteiger charge is 2.39. The molecule has 8 nitrogen and oxygen atoms in total. The molecule has 3 heterocycles. The number of hydrogen-bond acceptors (Lipinski definition) is 6. The van der Waals surface area contributed by atoms with Crippen molar-refractivity contribution in [3.63, 3.8) is 0 Å². The molecule has 3 aliphatic heterocycles. The summed E-state index contributed by atoms with van der Waals surface area (Å²) < 4.78 is 55.9. The molecule has 192 valence electrons. The van der Waals surface area contributed by atoms with Gasteiger partial charge in [0.05, 0.1) is 18.8 Å². The van der Waals surface area contributed by atoms with Crippen LogP contribution in [0.4, 0.5) is 13.2 Å². The van der Waals surface area contributed by atoms with Crippen molar-refractivity contribution in [2.75, 3.05) is 52.7 Å². The predicted octanol–water partition coefficient (Wildman–Crippen LogP) is 2.62. The molecule has 1 unspecified atom stereocenters. The molecule has 2 amide bonds. The Bertz CT molecular complexity index is 1140. The minimum Gasteiger partial charge on any atom is -0.454 e. The minimum atomic E-state index is -4.57. The number of halogens is 3. The van der Waals surface area contributed by atoms with E-state index in [-0.39, 0.29) is 31.4 Å². The van der Waals surface area contributed by atoms with Gasteiger partial charge in [0.25, 0.3) is 5.91 Å². The fourth-order valence-corrected chi connectivity index (χ4v) is 4.72. The zero-order valence-corrected chi connectivity index (χ0v) is 19.5. The average Bonchev–Trinajstić information content (AvgIpc) is 3.36. The molecule has 0 N–H and O–H groups in total. The number of hydrogen-bond donors (Lipinski definition) is 0. The lowest BCUT2D eigenvalue weighted by Gasteiger charge is -2.43. The van der Waals surface area contributed by atoms with Crippen molar-refractivity contribution in [1.29, 1.82) is 0 Å². The van der Waals surface area contributed by atoms with Gasteiger partial charge in [-0.3, -0.25) is 14.5 Å². The van der Waals surface area contributed by atoms with E-state index in [0.29, 0.717) is 50.9 Å². The van der Waals surface area contributed by atoms with E-state index in [9.17, 15) is 22.8 Å². The highest BCUT2D eigenvalue weighted by Crippen LogP contribution is 2.33. The van der Waals surface area contributed by atoms with Gasteiger partial charge in [0.1, 0.15) is 6.04 Å². The standard InChI is InChI=1S/C25H26F3N3O5/c26-25(27,28)19-3-1-2-18(13-19)23(32)31-7-6-29(14-17-4-5-21-22(12-17)36-16-35-21)15-20(31)24(33)30-8-10-34-11-9-30/h1-5,12-13,20H,6-11,14-16H2. The van der Waals surface area contributed by atoms with E-state index in [2.05, 4.69) is 4.90 Å². The summed E-state index contributed by atoms with van der Waals surface area (Å²) in [4.78, 5) is 32.0. The van der Waals surface area contributed by atoms with Crippen LogP contribution in [0.5, 0.6) is 11.5 Å². The third-order valence-corrected chi connectivity index (χ3v) is 6.61. The van der Waals surface area contributed by atoms with Crippen molar-refractivity contribution in [2.45, 2.75) is 18.8 Å². The topological polar surface area (TPSA) is 71.6 Å². The Balaban J connectivity index is 1.37. The number of carbonyl (C=O) groups excluding carboxylic acids is 2. The smallest absolute Gasteiger partial charge is 0.416 e. The fraction of sp³-hybridized carbons (Fsp3) is 0.440.